The maximum atomic E-state index is 13.8. The van der Waals surface area contributed by atoms with Gasteiger partial charge in [0.25, 0.3) is 10.0 Å². The van der Waals surface area contributed by atoms with Crippen molar-refractivity contribution in [3.8, 4) is 17.2 Å². The zero-order valence-electron chi connectivity index (χ0n) is 17.0. The van der Waals surface area contributed by atoms with Gasteiger partial charge >= 0.3 is 0 Å². The molecule has 0 N–H and O–H groups in total. The highest BCUT2D eigenvalue weighted by Gasteiger charge is 2.32. The lowest BCUT2D eigenvalue weighted by molar-refractivity contribution is 0.174. The lowest BCUT2D eigenvalue weighted by Gasteiger charge is -2.31. The van der Waals surface area contributed by atoms with Crippen molar-refractivity contribution in [1.29, 1.82) is 0 Å². The first-order valence-corrected chi connectivity index (χ1v) is 11.0. The summed E-state index contributed by atoms with van der Waals surface area (Å²) in [5.41, 5.74) is 2.44. The average molecular weight is 426 g/mol. The van der Waals surface area contributed by atoms with E-state index in [1.165, 1.54) is 17.5 Å². The first kappa shape index (κ1) is 20.1. The first-order valence-electron chi connectivity index (χ1n) is 9.55. The van der Waals surface area contributed by atoms with Crippen LogP contribution < -0.4 is 18.5 Å². The Hall–Kier alpha value is -3.19. The summed E-state index contributed by atoms with van der Waals surface area (Å²) in [5.74, 6) is 1.60. The fraction of sp³-hybridized carbons (Fsp3) is 0.217. The van der Waals surface area contributed by atoms with E-state index in [4.69, 9.17) is 14.2 Å². The van der Waals surface area contributed by atoms with Crippen LogP contribution in [0.4, 0.5) is 5.69 Å². The van der Waals surface area contributed by atoms with Gasteiger partial charge in [0.15, 0.2) is 11.5 Å². The van der Waals surface area contributed by atoms with Gasteiger partial charge < -0.3 is 14.2 Å². The number of rotatable bonds is 6. The van der Waals surface area contributed by atoms with Crippen LogP contribution in [0.25, 0.3) is 0 Å². The quantitative estimate of drug-likeness (QED) is 0.573. The van der Waals surface area contributed by atoms with Crippen molar-refractivity contribution in [1.82, 2.24) is 0 Å². The molecule has 0 amide bonds. The van der Waals surface area contributed by atoms with E-state index in [9.17, 15) is 8.42 Å². The van der Waals surface area contributed by atoms with Crippen LogP contribution in [-0.2, 0) is 10.0 Å². The molecule has 0 saturated heterocycles. The van der Waals surface area contributed by atoms with Gasteiger partial charge in [-0.1, -0.05) is 35.9 Å². The van der Waals surface area contributed by atoms with Crippen molar-refractivity contribution in [3.05, 3.63) is 77.9 Å². The Balaban J connectivity index is 1.86. The number of sulfonamides is 1. The summed E-state index contributed by atoms with van der Waals surface area (Å²) in [7, 11) is -2.40. The van der Waals surface area contributed by atoms with Crippen LogP contribution >= 0.6 is 0 Å². The number of benzene rings is 3. The maximum absolute atomic E-state index is 13.8. The Morgan fingerprint density at radius 1 is 0.967 bits per heavy atom. The van der Waals surface area contributed by atoms with Gasteiger partial charge in [0.05, 0.1) is 23.7 Å². The third kappa shape index (κ3) is 3.68. The van der Waals surface area contributed by atoms with Gasteiger partial charge in [0, 0.05) is 12.1 Å². The fourth-order valence-electron chi connectivity index (χ4n) is 3.53. The van der Waals surface area contributed by atoms with Crippen LogP contribution in [-0.4, -0.2) is 22.3 Å². The smallest absolute Gasteiger partial charge is 0.265 e. The molecule has 1 aliphatic heterocycles. The number of ether oxygens (including phenoxy) is 3. The van der Waals surface area contributed by atoms with E-state index >= 15 is 0 Å². The molecule has 0 aromatic heterocycles. The molecule has 156 valence electrons. The molecule has 3 aromatic carbocycles. The van der Waals surface area contributed by atoms with Crippen molar-refractivity contribution >= 4 is 15.7 Å². The van der Waals surface area contributed by atoms with Gasteiger partial charge in [-0.25, -0.2) is 8.42 Å². The lowest BCUT2D eigenvalue weighted by Crippen LogP contribution is -2.33. The van der Waals surface area contributed by atoms with Gasteiger partial charge in [0.1, 0.15) is 5.75 Å². The van der Waals surface area contributed by atoms with Crippen molar-refractivity contribution in [2.24, 2.45) is 0 Å². The molecule has 1 heterocycles. The van der Waals surface area contributed by atoms with Gasteiger partial charge in [-0.2, -0.15) is 0 Å². The standard InChI is InChI=1S/C23H23NO5S/c1-16-6-4-7-18(12-16)17(2)24(19-10-11-22-23(13-19)29-15-28-22)30(25,26)21-9-5-8-20(14-21)27-3/h4-14,17H,15H2,1-3H3. The van der Waals surface area contributed by atoms with Crippen molar-refractivity contribution in [2.75, 3.05) is 18.2 Å². The molecule has 6 nitrogen and oxygen atoms in total. The summed E-state index contributed by atoms with van der Waals surface area (Å²) < 4.78 is 45.1. The van der Waals surface area contributed by atoms with Crippen molar-refractivity contribution in [3.63, 3.8) is 0 Å². The van der Waals surface area contributed by atoms with Gasteiger partial charge in [-0.15, -0.1) is 0 Å². The number of fused-ring (bicyclic) bond motifs is 1. The Labute approximate surface area is 176 Å². The van der Waals surface area contributed by atoms with E-state index in [1.54, 1.807) is 36.4 Å². The zero-order chi connectivity index (χ0) is 21.3. The van der Waals surface area contributed by atoms with E-state index in [-0.39, 0.29) is 11.7 Å². The van der Waals surface area contributed by atoms with Gasteiger partial charge in [0.2, 0.25) is 6.79 Å². The van der Waals surface area contributed by atoms with E-state index < -0.39 is 16.1 Å². The number of hydrogen-bond acceptors (Lipinski definition) is 5. The largest absolute Gasteiger partial charge is 0.497 e. The molecule has 0 spiro atoms. The Bertz CT molecular complexity index is 1180. The summed E-state index contributed by atoms with van der Waals surface area (Å²) in [6.45, 7) is 3.98. The number of hydrogen-bond donors (Lipinski definition) is 0. The predicted octanol–water partition coefficient (Wildman–Crippen LogP) is 4.69. The molecule has 7 heteroatoms. The average Bonchev–Trinajstić information content (AvgIpc) is 3.21. The highest BCUT2D eigenvalue weighted by molar-refractivity contribution is 7.92. The van der Waals surface area contributed by atoms with Crippen LogP contribution in [0.5, 0.6) is 17.2 Å². The van der Waals surface area contributed by atoms with E-state index in [1.807, 2.05) is 38.1 Å². The SMILES string of the molecule is COc1cccc(S(=O)(=O)N(c2ccc3c(c2)OCO3)C(C)c2cccc(C)c2)c1. The second-order valence-corrected chi connectivity index (χ2v) is 8.92. The highest BCUT2D eigenvalue weighted by Crippen LogP contribution is 2.40. The molecule has 1 atom stereocenters. The summed E-state index contributed by atoms with van der Waals surface area (Å²) in [4.78, 5) is 0.152. The zero-order valence-corrected chi connectivity index (χ0v) is 17.8. The van der Waals surface area contributed by atoms with Crippen molar-refractivity contribution < 1.29 is 22.6 Å². The minimum Gasteiger partial charge on any atom is -0.497 e. The van der Waals surface area contributed by atoms with Crippen LogP contribution in [0.3, 0.4) is 0 Å². The Kier molecular flexibility index (Phi) is 5.30. The first-order chi connectivity index (χ1) is 14.4. The van der Waals surface area contributed by atoms with E-state index in [0.29, 0.717) is 22.9 Å². The number of methoxy groups -OCH3 is 1. The normalized spacial score (nSPS) is 13.7. The molecular formula is C23H23NO5S. The third-order valence-electron chi connectivity index (χ3n) is 5.08. The molecule has 0 radical (unpaired) electrons. The topological polar surface area (TPSA) is 65.1 Å². The van der Waals surface area contributed by atoms with Crippen LogP contribution in [0.15, 0.2) is 71.6 Å². The van der Waals surface area contributed by atoms with E-state index in [2.05, 4.69) is 0 Å². The van der Waals surface area contributed by atoms with Crippen LogP contribution in [0, 0.1) is 6.92 Å². The third-order valence-corrected chi connectivity index (χ3v) is 6.98. The lowest BCUT2D eigenvalue weighted by atomic mass is 10.1. The summed E-state index contributed by atoms with van der Waals surface area (Å²) in [5, 5.41) is 0. The summed E-state index contributed by atoms with van der Waals surface area (Å²) >= 11 is 0. The highest BCUT2D eigenvalue weighted by atomic mass is 32.2. The number of aryl methyl sites for hydroxylation is 1. The second-order valence-electron chi connectivity index (χ2n) is 7.11. The molecule has 0 aliphatic carbocycles. The monoisotopic (exact) mass is 425 g/mol. The van der Waals surface area contributed by atoms with Crippen molar-refractivity contribution in [2.45, 2.75) is 24.8 Å². The molecule has 3 aromatic rings. The number of anilines is 1. The Morgan fingerprint density at radius 3 is 2.50 bits per heavy atom. The van der Waals surface area contributed by atoms with Gasteiger partial charge in [-0.3, -0.25) is 4.31 Å². The molecular weight excluding hydrogens is 402 g/mol. The molecule has 4 rings (SSSR count). The minimum atomic E-state index is -3.91. The molecule has 30 heavy (non-hydrogen) atoms. The molecule has 1 aliphatic rings. The Morgan fingerprint density at radius 2 is 1.73 bits per heavy atom. The number of nitrogens with zero attached hydrogens (tertiary/aromatic N) is 1. The maximum Gasteiger partial charge on any atom is 0.265 e. The van der Waals surface area contributed by atoms with E-state index in [0.717, 1.165) is 11.1 Å². The van der Waals surface area contributed by atoms with Gasteiger partial charge in [-0.05, 0) is 43.7 Å². The molecule has 0 saturated carbocycles. The predicted molar refractivity (Wildman–Crippen MR) is 115 cm³/mol. The molecule has 0 bridgehead atoms. The molecule has 0 fully saturated rings. The minimum absolute atomic E-state index is 0.120. The fourth-order valence-corrected chi connectivity index (χ4v) is 5.21. The second kappa shape index (κ2) is 7.91. The van der Waals surface area contributed by atoms with Crippen LogP contribution in [0.1, 0.15) is 24.1 Å². The summed E-state index contributed by atoms with van der Waals surface area (Å²) in [6.07, 6.45) is 0. The molecule has 1 unspecified atom stereocenters. The van der Waals surface area contributed by atoms with Crippen LogP contribution in [0.2, 0.25) is 0 Å². The summed E-state index contributed by atoms with van der Waals surface area (Å²) in [6, 6.07) is 19.0.